The zero-order valence-corrected chi connectivity index (χ0v) is 13.2. The van der Waals surface area contributed by atoms with Gasteiger partial charge in [-0.1, -0.05) is 11.6 Å². The first kappa shape index (κ1) is 14.3. The molecule has 0 saturated carbocycles. The van der Waals surface area contributed by atoms with E-state index in [0.29, 0.717) is 17.1 Å². The Labute approximate surface area is 130 Å². The molecule has 0 aliphatic rings. The Morgan fingerprint density at radius 2 is 2.37 bits per heavy atom. The van der Waals surface area contributed by atoms with Crippen molar-refractivity contribution in [3.05, 3.63) is 51.1 Å². The summed E-state index contributed by atoms with van der Waals surface area (Å²) in [5.74, 6) is -0.120. The van der Waals surface area contributed by atoms with Gasteiger partial charge in [-0.25, -0.2) is 4.98 Å². The van der Waals surface area contributed by atoms with Crippen molar-refractivity contribution in [2.75, 3.05) is 0 Å². The molecule has 0 radical (unpaired) electrons. The maximum absolute atomic E-state index is 12.1. The largest absolute Gasteiger partial charge is 0.348 e. The maximum Gasteiger partial charge on any atom is 0.251 e. The molecule has 0 aliphatic heterocycles. The van der Waals surface area contributed by atoms with E-state index in [4.69, 9.17) is 11.6 Å². The van der Waals surface area contributed by atoms with Gasteiger partial charge in [0.15, 0.2) is 0 Å². The number of benzene rings is 1. The van der Waals surface area contributed by atoms with Crippen LogP contribution in [-0.4, -0.2) is 21.5 Å². The Morgan fingerprint density at radius 1 is 1.58 bits per heavy atom. The van der Waals surface area contributed by atoms with Gasteiger partial charge in [0.05, 0.1) is 11.3 Å². The predicted molar refractivity (Wildman–Crippen MR) is 83.3 cm³/mol. The van der Waals surface area contributed by atoms with Crippen molar-refractivity contribution >= 4 is 40.1 Å². The van der Waals surface area contributed by atoms with Crippen LogP contribution in [-0.2, 0) is 6.54 Å². The van der Waals surface area contributed by atoms with Crippen LogP contribution >= 0.6 is 34.2 Å². The fourth-order valence-electron chi connectivity index (χ4n) is 1.70. The molecular formula is C13H13ClIN3O. The van der Waals surface area contributed by atoms with Gasteiger partial charge in [-0.3, -0.25) is 4.79 Å². The summed E-state index contributed by atoms with van der Waals surface area (Å²) in [6, 6.07) is 5.30. The highest BCUT2D eigenvalue weighted by Gasteiger charge is 2.11. The summed E-state index contributed by atoms with van der Waals surface area (Å²) in [6.45, 7) is 2.63. The van der Waals surface area contributed by atoms with Crippen molar-refractivity contribution in [2.45, 2.75) is 19.5 Å². The van der Waals surface area contributed by atoms with Crippen LogP contribution in [0.5, 0.6) is 0 Å². The molecule has 1 atom stereocenters. The molecule has 100 valence electrons. The number of rotatable bonds is 4. The van der Waals surface area contributed by atoms with Crippen molar-refractivity contribution in [1.29, 1.82) is 0 Å². The number of hydrogen-bond donors (Lipinski definition) is 1. The number of imidazole rings is 1. The van der Waals surface area contributed by atoms with E-state index in [0.717, 1.165) is 3.57 Å². The fraction of sp³-hybridized carbons (Fsp3) is 0.231. The third-order valence-electron chi connectivity index (χ3n) is 2.60. The Bertz CT molecular complexity index is 571. The number of hydrogen-bond acceptors (Lipinski definition) is 2. The van der Waals surface area contributed by atoms with Gasteiger partial charge in [0.1, 0.15) is 0 Å². The summed E-state index contributed by atoms with van der Waals surface area (Å²) < 4.78 is 2.86. The molecule has 1 N–H and O–H groups in total. The average Bonchev–Trinajstić information content (AvgIpc) is 2.85. The number of amides is 1. The summed E-state index contributed by atoms with van der Waals surface area (Å²) in [5, 5.41) is 3.53. The SMILES string of the molecule is CC(Cn1ccnc1)NC(=O)c1ccc(I)c(Cl)c1. The van der Waals surface area contributed by atoms with Gasteiger partial charge in [-0.2, -0.15) is 0 Å². The summed E-state index contributed by atoms with van der Waals surface area (Å²) >= 11 is 8.14. The molecule has 2 rings (SSSR count). The zero-order chi connectivity index (χ0) is 13.8. The number of carbonyl (C=O) groups is 1. The summed E-state index contributed by atoms with van der Waals surface area (Å²) in [6.07, 6.45) is 5.31. The number of carbonyl (C=O) groups excluding carboxylic acids is 1. The van der Waals surface area contributed by atoms with Crippen LogP contribution in [0.4, 0.5) is 0 Å². The molecule has 0 fully saturated rings. The van der Waals surface area contributed by atoms with Crippen molar-refractivity contribution in [2.24, 2.45) is 0 Å². The minimum Gasteiger partial charge on any atom is -0.348 e. The standard InChI is InChI=1S/C13H13ClIN3O/c1-9(7-18-5-4-16-8-18)17-13(19)10-2-3-12(15)11(14)6-10/h2-6,8-9H,7H2,1H3,(H,17,19). The molecular weight excluding hydrogens is 377 g/mol. The first-order chi connectivity index (χ1) is 9.06. The molecule has 1 aromatic carbocycles. The highest BCUT2D eigenvalue weighted by molar-refractivity contribution is 14.1. The van der Waals surface area contributed by atoms with Gasteiger partial charge in [0.25, 0.3) is 5.91 Å². The monoisotopic (exact) mass is 389 g/mol. The molecule has 2 aromatic rings. The number of halogens is 2. The van der Waals surface area contributed by atoms with E-state index in [2.05, 4.69) is 32.9 Å². The fourth-order valence-corrected chi connectivity index (χ4v) is 2.22. The van der Waals surface area contributed by atoms with Crippen LogP contribution in [0.25, 0.3) is 0 Å². The first-order valence-electron chi connectivity index (χ1n) is 5.78. The molecule has 4 nitrogen and oxygen atoms in total. The maximum atomic E-state index is 12.1. The van der Waals surface area contributed by atoms with E-state index in [9.17, 15) is 4.79 Å². The Hall–Kier alpha value is -1.08. The Balaban J connectivity index is 1.98. The van der Waals surface area contributed by atoms with Gasteiger partial charge in [-0.05, 0) is 47.7 Å². The minimum atomic E-state index is -0.120. The number of nitrogens with one attached hydrogen (secondary N) is 1. The van der Waals surface area contributed by atoms with Crippen LogP contribution in [0.2, 0.25) is 5.02 Å². The molecule has 1 unspecified atom stereocenters. The van der Waals surface area contributed by atoms with Gasteiger partial charge in [0.2, 0.25) is 0 Å². The number of nitrogens with zero attached hydrogens (tertiary/aromatic N) is 2. The number of aromatic nitrogens is 2. The quantitative estimate of drug-likeness (QED) is 0.817. The van der Waals surface area contributed by atoms with Gasteiger partial charge in [0, 0.05) is 34.1 Å². The lowest BCUT2D eigenvalue weighted by Gasteiger charge is -2.14. The van der Waals surface area contributed by atoms with Crippen molar-refractivity contribution < 1.29 is 4.79 Å². The highest BCUT2D eigenvalue weighted by Crippen LogP contribution is 2.19. The smallest absolute Gasteiger partial charge is 0.251 e. The second kappa shape index (κ2) is 6.38. The van der Waals surface area contributed by atoms with Crippen molar-refractivity contribution in [3.63, 3.8) is 0 Å². The normalized spacial score (nSPS) is 12.2. The lowest BCUT2D eigenvalue weighted by molar-refractivity contribution is 0.0936. The molecule has 19 heavy (non-hydrogen) atoms. The van der Waals surface area contributed by atoms with Gasteiger partial charge >= 0.3 is 0 Å². The summed E-state index contributed by atoms with van der Waals surface area (Å²) in [7, 11) is 0. The van der Waals surface area contributed by atoms with Gasteiger partial charge < -0.3 is 9.88 Å². The van der Waals surface area contributed by atoms with Crippen LogP contribution in [0.15, 0.2) is 36.9 Å². The minimum absolute atomic E-state index is 0.0137. The average molecular weight is 390 g/mol. The van der Waals surface area contributed by atoms with Crippen LogP contribution in [0, 0.1) is 3.57 Å². The van der Waals surface area contributed by atoms with Crippen LogP contribution < -0.4 is 5.32 Å². The molecule has 0 bridgehead atoms. The lowest BCUT2D eigenvalue weighted by atomic mass is 10.2. The molecule has 1 aromatic heterocycles. The van der Waals surface area contributed by atoms with E-state index in [1.54, 1.807) is 24.7 Å². The van der Waals surface area contributed by atoms with Crippen molar-refractivity contribution in [3.8, 4) is 0 Å². The van der Waals surface area contributed by atoms with Crippen LogP contribution in [0.3, 0.4) is 0 Å². The lowest BCUT2D eigenvalue weighted by Crippen LogP contribution is -2.35. The third-order valence-corrected chi connectivity index (χ3v) is 4.18. The second-order valence-electron chi connectivity index (χ2n) is 4.26. The van der Waals surface area contributed by atoms with Gasteiger partial charge in [-0.15, -0.1) is 0 Å². The second-order valence-corrected chi connectivity index (χ2v) is 5.83. The molecule has 0 saturated heterocycles. The third kappa shape index (κ3) is 3.94. The molecule has 6 heteroatoms. The van der Waals surface area contributed by atoms with E-state index in [1.807, 2.05) is 23.8 Å². The summed E-state index contributed by atoms with van der Waals surface area (Å²) in [5.41, 5.74) is 0.572. The van der Waals surface area contributed by atoms with E-state index < -0.39 is 0 Å². The van der Waals surface area contributed by atoms with E-state index in [1.165, 1.54) is 0 Å². The molecule has 0 aliphatic carbocycles. The Morgan fingerprint density at radius 3 is 3.00 bits per heavy atom. The first-order valence-corrected chi connectivity index (χ1v) is 7.23. The molecule has 1 heterocycles. The zero-order valence-electron chi connectivity index (χ0n) is 10.3. The highest BCUT2D eigenvalue weighted by atomic mass is 127. The molecule has 0 spiro atoms. The van der Waals surface area contributed by atoms with Crippen LogP contribution in [0.1, 0.15) is 17.3 Å². The molecule has 1 amide bonds. The van der Waals surface area contributed by atoms with E-state index in [-0.39, 0.29) is 11.9 Å². The van der Waals surface area contributed by atoms with E-state index >= 15 is 0 Å². The topological polar surface area (TPSA) is 46.9 Å². The Kier molecular flexibility index (Phi) is 4.81. The predicted octanol–water partition coefficient (Wildman–Crippen LogP) is 2.96. The van der Waals surface area contributed by atoms with Crippen molar-refractivity contribution in [1.82, 2.24) is 14.9 Å². The summed E-state index contributed by atoms with van der Waals surface area (Å²) in [4.78, 5) is 16.0.